The predicted molar refractivity (Wildman–Crippen MR) is 378 cm³/mol. The molecule has 0 N–H and O–H groups in total. The Kier molecular flexibility index (Phi) is 11.8. The Balaban J connectivity index is 0.938. The third-order valence-electron chi connectivity index (χ3n) is 18.8. The largest absolute Gasteiger partial charge is 0.309 e. The zero-order chi connectivity index (χ0) is 60.3. The Morgan fingerprint density at radius 3 is 0.791 bits per heavy atom. The zero-order valence-corrected chi connectivity index (χ0v) is 49.6. The average Bonchev–Trinajstić information content (AvgIpc) is 1.63. The van der Waals surface area contributed by atoms with Gasteiger partial charge in [-0.05, 0) is 167 Å². The lowest BCUT2D eigenvalue weighted by Gasteiger charge is -2.26. The topological polar surface area (TPSA) is 56.4 Å². The highest BCUT2D eigenvalue weighted by molar-refractivity contribution is 6.15. The van der Waals surface area contributed by atoms with Crippen LogP contribution in [0.2, 0.25) is 0 Å². The molecule has 13 aromatic carbocycles. The van der Waals surface area contributed by atoms with E-state index in [1.807, 2.05) is 12.4 Å². The Labute approximate surface area is 524 Å². The minimum atomic E-state index is 0.569. The molecule has 6 nitrogen and oxygen atoms in total. The van der Waals surface area contributed by atoms with Crippen molar-refractivity contribution in [3.8, 4) is 84.5 Å². The van der Waals surface area contributed by atoms with Crippen molar-refractivity contribution in [1.29, 1.82) is 5.26 Å². The fourth-order valence-corrected chi connectivity index (χ4v) is 14.9. The molecule has 0 radical (unpaired) electrons. The lowest BCUT2D eigenvalue weighted by Crippen LogP contribution is -2.03. The number of aryl methyl sites for hydroxylation is 1. The Morgan fingerprint density at radius 2 is 0.495 bits per heavy atom. The summed E-state index contributed by atoms with van der Waals surface area (Å²) in [5.74, 6) is 0. The van der Waals surface area contributed by atoms with Gasteiger partial charge in [0.2, 0.25) is 0 Å². The predicted octanol–water partition coefficient (Wildman–Crippen LogP) is 22.0. The van der Waals surface area contributed by atoms with Crippen LogP contribution in [-0.2, 0) is 0 Å². The van der Waals surface area contributed by atoms with Gasteiger partial charge in [0.05, 0.1) is 49.7 Å². The normalized spacial score (nSPS) is 11.8. The first kappa shape index (κ1) is 51.9. The second-order valence-electron chi connectivity index (χ2n) is 23.8. The summed E-state index contributed by atoms with van der Waals surface area (Å²) in [5, 5.41) is 22.0. The summed E-state index contributed by atoms with van der Waals surface area (Å²) in [6, 6.07) is 110. The van der Waals surface area contributed by atoms with Crippen LogP contribution in [0.25, 0.3) is 166 Å². The molecular weight excluding hydrogens is 1100 g/mol. The molecule has 0 amide bonds. The van der Waals surface area contributed by atoms with Crippen LogP contribution in [0.1, 0.15) is 11.1 Å². The van der Waals surface area contributed by atoms with Crippen LogP contribution in [0.5, 0.6) is 0 Å². The number of para-hydroxylation sites is 7. The van der Waals surface area contributed by atoms with E-state index in [4.69, 9.17) is 0 Å². The average molecular weight is 1160 g/mol. The Hall–Kier alpha value is -12.3. The summed E-state index contributed by atoms with van der Waals surface area (Å²) < 4.78 is 9.48. The summed E-state index contributed by atoms with van der Waals surface area (Å²) in [6.45, 7) is 2.16. The fraction of sp³-hybridized carbons (Fsp3) is 0.0118. The number of pyridine rings is 1. The van der Waals surface area contributed by atoms with Crippen LogP contribution in [0.15, 0.2) is 310 Å². The van der Waals surface area contributed by atoms with Crippen LogP contribution in [0, 0.1) is 18.3 Å². The molecule has 0 atom stereocenters. The van der Waals surface area contributed by atoms with E-state index in [2.05, 4.69) is 333 Å². The van der Waals surface area contributed by atoms with Crippen molar-refractivity contribution in [2.75, 3.05) is 0 Å². The Morgan fingerprint density at radius 1 is 0.253 bits per heavy atom. The number of hydrogen-bond donors (Lipinski definition) is 0. The quantitative estimate of drug-likeness (QED) is 0.145. The first-order valence-electron chi connectivity index (χ1n) is 31.0. The molecule has 0 fully saturated rings. The van der Waals surface area contributed by atoms with Crippen molar-refractivity contribution in [2.24, 2.45) is 0 Å². The minimum Gasteiger partial charge on any atom is -0.309 e. The molecule has 0 spiro atoms. The SMILES string of the molecule is Cc1ccc2c(c1)c1ccccc1n2-c1ccc(-c2c(-c3ccc(-n4c5ccccc5c5ccccc54)cc3)c(C#N)c(-c3ccncc3)c(-c3ccc(-n4c5ccccc5c5ccccc54)cc3)c2-c2ccc(-n3c4ccccc4c4ccccc43)cc2)cc1. The summed E-state index contributed by atoms with van der Waals surface area (Å²) >= 11 is 0. The van der Waals surface area contributed by atoms with E-state index in [9.17, 15) is 5.26 Å². The van der Waals surface area contributed by atoms with E-state index >= 15 is 0 Å². The highest BCUT2D eigenvalue weighted by Crippen LogP contribution is 2.54. The maximum atomic E-state index is 12.4. The molecule has 91 heavy (non-hydrogen) atoms. The highest BCUT2D eigenvalue weighted by Gasteiger charge is 2.30. The van der Waals surface area contributed by atoms with Gasteiger partial charge in [-0.1, -0.05) is 188 Å². The van der Waals surface area contributed by atoms with Crippen LogP contribution in [0.4, 0.5) is 0 Å². The van der Waals surface area contributed by atoms with Crippen molar-refractivity contribution >= 4 is 87.2 Å². The molecule has 0 bridgehead atoms. The lowest BCUT2D eigenvalue weighted by atomic mass is 9.76. The van der Waals surface area contributed by atoms with Gasteiger partial charge in [-0.25, -0.2) is 0 Å². The summed E-state index contributed by atoms with van der Waals surface area (Å²) in [7, 11) is 0. The van der Waals surface area contributed by atoms with Gasteiger partial charge >= 0.3 is 0 Å². The molecular formula is C85H54N6. The lowest BCUT2D eigenvalue weighted by molar-refractivity contribution is 1.18. The van der Waals surface area contributed by atoms with Gasteiger partial charge in [0, 0.05) is 89.4 Å². The molecule has 0 aliphatic rings. The molecule has 424 valence electrons. The van der Waals surface area contributed by atoms with Crippen LogP contribution >= 0.6 is 0 Å². The van der Waals surface area contributed by atoms with E-state index < -0.39 is 0 Å². The monoisotopic (exact) mass is 1160 g/mol. The maximum Gasteiger partial charge on any atom is 0.100 e. The molecule has 18 aromatic rings. The summed E-state index contributed by atoms with van der Waals surface area (Å²) in [6.07, 6.45) is 3.68. The van der Waals surface area contributed by atoms with Crippen LogP contribution in [-0.4, -0.2) is 23.3 Å². The van der Waals surface area contributed by atoms with E-state index in [0.29, 0.717) is 5.56 Å². The van der Waals surface area contributed by atoms with Crippen molar-refractivity contribution in [3.05, 3.63) is 321 Å². The number of hydrogen-bond acceptors (Lipinski definition) is 2. The molecule has 6 heteroatoms. The molecule has 18 rings (SSSR count). The molecule has 5 aromatic heterocycles. The standard InChI is InChI=1S/C85H54N6/c1-54-30-47-80-71(52-54)70-22-8-15-29-79(70)91(80)63-43-35-56(36-44-63)83-81(55-31-39-60(40-32-55)88-73-23-9-2-16-64(73)65-17-3-10-24-74(65)88)72(53-86)82(59-48-50-87-51-49-59)84(57-33-41-61(42-34-57)89-75-25-11-4-18-66(75)67-19-5-12-26-76(67)89)85(83)58-37-45-62(46-38-58)90-77-27-13-6-20-68(77)69-21-7-14-28-78(69)90/h2-52H,1H3. The molecule has 5 heterocycles. The highest BCUT2D eigenvalue weighted by atomic mass is 15.0. The zero-order valence-electron chi connectivity index (χ0n) is 49.6. The molecule has 0 unspecified atom stereocenters. The Bertz CT molecular complexity index is 5830. The smallest absolute Gasteiger partial charge is 0.100 e. The molecule has 0 saturated carbocycles. The number of nitrogens with zero attached hydrogens (tertiary/aromatic N) is 6. The van der Waals surface area contributed by atoms with Crippen LogP contribution < -0.4 is 0 Å². The molecule has 0 saturated heterocycles. The van der Waals surface area contributed by atoms with Crippen molar-refractivity contribution in [2.45, 2.75) is 6.92 Å². The van der Waals surface area contributed by atoms with E-state index in [1.165, 1.54) is 48.7 Å². The van der Waals surface area contributed by atoms with Crippen molar-refractivity contribution < 1.29 is 0 Å². The van der Waals surface area contributed by atoms with Gasteiger partial charge in [-0.15, -0.1) is 0 Å². The number of fused-ring (bicyclic) bond motifs is 12. The number of rotatable bonds is 9. The first-order chi connectivity index (χ1) is 45.1. The third-order valence-corrected chi connectivity index (χ3v) is 18.8. The van der Waals surface area contributed by atoms with Crippen molar-refractivity contribution in [1.82, 2.24) is 23.3 Å². The van der Waals surface area contributed by atoms with Gasteiger partial charge in [0.25, 0.3) is 0 Å². The van der Waals surface area contributed by atoms with Gasteiger partial charge in [-0.3, -0.25) is 4.98 Å². The van der Waals surface area contributed by atoms with E-state index in [-0.39, 0.29) is 0 Å². The number of aromatic nitrogens is 5. The second kappa shape index (κ2) is 20.7. The fourth-order valence-electron chi connectivity index (χ4n) is 14.9. The van der Waals surface area contributed by atoms with Crippen molar-refractivity contribution in [3.63, 3.8) is 0 Å². The van der Waals surface area contributed by atoms with Gasteiger partial charge < -0.3 is 18.3 Å². The van der Waals surface area contributed by atoms with Gasteiger partial charge in [0.1, 0.15) is 6.07 Å². The molecule has 0 aliphatic heterocycles. The van der Waals surface area contributed by atoms with Gasteiger partial charge in [-0.2, -0.15) is 5.26 Å². The van der Waals surface area contributed by atoms with Gasteiger partial charge in [0.15, 0.2) is 0 Å². The first-order valence-corrected chi connectivity index (χ1v) is 31.0. The second-order valence-corrected chi connectivity index (χ2v) is 23.8. The van der Waals surface area contributed by atoms with Crippen LogP contribution in [0.3, 0.4) is 0 Å². The van der Waals surface area contributed by atoms with E-state index in [1.54, 1.807) is 0 Å². The number of nitriles is 1. The minimum absolute atomic E-state index is 0.569. The molecule has 0 aliphatic carbocycles. The number of benzene rings is 13. The third kappa shape index (κ3) is 8.01. The summed E-state index contributed by atoms with van der Waals surface area (Å²) in [4.78, 5) is 4.58. The summed E-state index contributed by atoms with van der Waals surface area (Å²) in [5.41, 5.74) is 24.4. The van der Waals surface area contributed by atoms with E-state index in [0.717, 1.165) is 123 Å². The maximum absolute atomic E-state index is 12.4.